The summed E-state index contributed by atoms with van der Waals surface area (Å²) in [5.74, 6) is -0.268. The van der Waals surface area contributed by atoms with Gasteiger partial charge in [0.05, 0.1) is 32.0 Å². The summed E-state index contributed by atoms with van der Waals surface area (Å²) in [7, 11) is 0. The van der Waals surface area contributed by atoms with Crippen LogP contribution in [-0.2, 0) is 23.7 Å². The van der Waals surface area contributed by atoms with Crippen LogP contribution in [0, 0.1) is 0 Å². The lowest BCUT2D eigenvalue weighted by Crippen LogP contribution is -2.65. The van der Waals surface area contributed by atoms with Gasteiger partial charge in [0.25, 0.3) is 0 Å². The predicted molar refractivity (Wildman–Crippen MR) is 323 cm³/mol. The second-order valence-electron chi connectivity index (χ2n) is 22.9. The maximum absolute atomic E-state index is 13.2. The Labute approximate surface area is 486 Å². The average Bonchev–Trinajstić information content (AvgIpc) is 3.46. The molecule has 12 atom stereocenters. The van der Waals surface area contributed by atoms with Gasteiger partial charge in [0.2, 0.25) is 5.91 Å². The van der Waals surface area contributed by atoms with Gasteiger partial charge in [-0.1, -0.05) is 235 Å². The number of hydrogen-bond acceptors (Lipinski definition) is 13. The van der Waals surface area contributed by atoms with Gasteiger partial charge in [-0.25, -0.2) is 0 Å². The maximum Gasteiger partial charge on any atom is 0.220 e. The quantitative estimate of drug-likeness (QED) is 0.0204. The molecule has 2 rings (SSSR count). The number of carbonyl (C=O) groups is 1. The molecule has 12 unspecified atom stereocenters. The molecule has 9 N–H and O–H groups in total. The summed E-state index contributed by atoms with van der Waals surface area (Å²) in [6, 6.07) is -0.948. The molecule has 2 fully saturated rings. The first kappa shape index (κ1) is 73.8. The average molecular weight is 1130 g/mol. The summed E-state index contributed by atoms with van der Waals surface area (Å²) in [5.41, 5.74) is 0. The van der Waals surface area contributed by atoms with Crippen molar-refractivity contribution in [2.75, 3.05) is 19.8 Å². The number of hydrogen-bond donors (Lipinski definition) is 9. The zero-order valence-electron chi connectivity index (χ0n) is 50.3. The molecule has 0 bridgehead atoms. The van der Waals surface area contributed by atoms with Gasteiger partial charge in [-0.15, -0.1) is 0 Å². The summed E-state index contributed by atoms with van der Waals surface area (Å²) < 4.78 is 22.8. The second kappa shape index (κ2) is 51.1. The number of allylic oxidation sites excluding steroid dienone is 9. The van der Waals surface area contributed by atoms with Crippen LogP contribution >= 0.6 is 0 Å². The van der Waals surface area contributed by atoms with Crippen molar-refractivity contribution in [3.8, 4) is 0 Å². The summed E-state index contributed by atoms with van der Waals surface area (Å²) in [6.45, 7) is 2.75. The van der Waals surface area contributed by atoms with E-state index >= 15 is 0 Å². The largest absolute Gasteiger partial charge is 0.394 e. The molecular formula is C66H119NO13. The third-order valence-electron chi connectivity index (χ3n) is 15.7. The van der Waals surface area contributed by atoms with E-state index in [1.807, 2.05) is 6.08 Å². The Morgan fingerprint density at radius 3 is 1.32 bits per heavy atom. The summed E-state index contributed by atoms with van der Waals surface area (Å²) in [4.78, 5) is 13.2. The smallest absolute Gasteiger partial charge is 0.220 e. The molecule has 14 heteroatoms. The number of nitrogens with one attached hydrogen (secondary N) is 1. The Bertz CT molecular complexity index is 1570. The van der Waals surface area contributed by atoms with Crippen LogP contribution in [-0.4, -0.2) is 140 Å². The number of carbonyl (C=O) groups excluding carboxylic acids is 1. The molecule has 14 nitrogen and oxygen atoms in total. The first-order valence-corrected chi connectivity index (χ1v) is 32.5. The highest BCUT2D eigenvalue weighted by Crippen LogP contribution is 2.30. The molecule has 0 aromatic heterocycles. The zero-order chi connectivity index (χ0) is 58.1. The molecule has 80 heavy (non-hydrogen) atoms. The molecule has 2 saturated heterocycles. The molecule has 466 valence electrons. The van der Waals surface area contributed by atoms with Crippen LogP contribution in [0.1, 0.15) is 258 Å². The van der Waals surface area contributed by atoms with E-state index in [0.717, 1.165) is 70.6 Å². The van der Waals surface area contributed by atoms with Crippen molar-refractivity contribution in [2.45, 2.75) is 331 Å². The van der Waals surface area contributed by atoms with Crippen molar-refractivity contribution in [1.82, 2.24) is 5.32 Å². The van der Waals surface area contributed by atoms with Crippen LogP contribution in [0.5, 0.6) is 0 Å². The fourth-order valence-electron chi connectivity index (χ4n) is 10.4. The molecule has 2 aliphatic heterocycles. The molecule has 2 heterocycles. The molecule has 0 aromatic rings. The van der Waals surface area contributed by atoms with Crippen LogP contribution < -0.4 is 5.32 Å². The summed E-state index contributed by atoms with van der Waals surface area (Å²) >= 11 is 0. The van der Waals surface area contributed by atoms with Gasteiger partial charge in [0, 0.05) is 6.42 Å². The van der Waals surface area contributed by atoms with Crippen molar-refractivity contribution >= 4 is 5.91 Å². The van der Waals surface area contributed by atoms with E-state index in [1.54, 1.807) is 6.08 Å². The first-order valence-electron chi connectivity index (χ1n) is 32.5. The fraction of sp³-hybridized carbons (Fsp3) is 0.833. The van der Waals surface area contributed by atoms with Gasteiger partial charge < -0.3 is 65.1 Å². The maximum atomic E-state index is 13.2. The minimum absolute atomic E-state index is 0.252. The van der Waals surface area contributed by atoms with Crippen LogP contribution in [0.25, 0.3) is 0 Å². The van der Waals surface area contributed by atoms with Gasteiger partial charge >= 0.3 is 0 Å². The van der Waals surface area contributed by atoms with Crippen LogP contribution in [0.15, 0.2) is 60.8 Å². The highest BCUT2D eigenvalue weighted by molar-refractivity contribution is 5.76. The third-order valence-corrected chi connectivity index (χ3v) is 15.7. The molecule has 2 aliphatic rings. The standard InChI is InChI=1S/C66H119NO13/c1-3-5-7-9-11-13-15-17-19-20-21-22-23-24-25-26-27-28-29-30-31-32-33-34-36-37-39-41-43-45-47-49-55(70)54(67-58(71)50-48-46-44-42-40-38-35-18-16-14-12-10-8-6-4-2)53-77-65-63(76)61(74)64(57(52-69)79-65)80-66-62(75)60(73)59(72)56(51-68)78-66/h12,14,18,33-35,39,41,47,49,54-57,59-66,68-70,72-76H,3-11,13,15-17,19-32,36-38,40,42-46,48,50-53H2,1-2H3,(H,67,71)/b14-12-,34-33+,35-18-,41-39+,49-47+. The first-order chi connectivity index (χ1) is 39.1. The second-order valence-corrected chi connectivity index (χ2v) is 22.9. The summed E-state index contributed by atoms with van der Waals surface area (Å²) in [5, 5.41) is 87.1. The van der Waals surface area contributed by atoms with Gasteiger partial charge in [0.15, 0.2) is 12.6 Å². The van der Waals surface area contributed by atoms with E-state index in [1.165, 1.54) is 154 Å². The SMILES string of the molecule is CCCCC/C=C\C/C=C\CCCCCCCC(=O)NC(COC1OC(CO)C(OC2OC(CO)C(O)C(O)C2O)C(O)C1O)C(O)/C=C/CC/C=C/CC/C=C/CCCCCCCCCCCCCCCCCCCCCCC. The number of aliphatic hydroxyl groups excluding tert-OH is 8. The normalized spacial score (nSPS) is 24.6. The molecule has 0 saturated carbocycles. The van der Waals surface area contributed by atoms with E-state index in [9.17, 15) is 45.6 Å². The van der Waals surface area contributed by atoms with Crippen molar-refractivity contribution in [1.29, 1.82) is 0 Å². The number of unbranched alkanes of at least 4 members (excludes halogenated alkanes) is 31. The van der Waals surface area contributed by atoms with E-state index in [2.05, 4.69) is 67.8 Å². The van der Waals surface area contributed by atoms with Crippen molar-refractivity contribution in [2.24, 2.45) is 0 Å². The molecule has 0 spiro atoms. The van der Waals surface area contributed by atoms with Crippen molar-refractivity contribution in [3.63, 3.8) is 0 Å². The zero-order valence-corrected chi connectivity index (χ0v) is 50.3. The fourth-order valence-corrected chi connectivity index (χ4v) is 10.4. The third kappa shape index (κ3) is 35.7. The van der Waals surface area contributed by atoms with Gasteiger partial charge in [-0.05, 0) is 77.0 Å². The highest BCUT2D eigenvalue weighted by atomic mass is 16.7. The molecular weight excluding hydrogens is 1010 g/mol. The van der Waals surface area contributed by atoms with Gasteiger partial charge in [0.1, 0.15) is 48.8 Å². The Balaban J connectivity index is 1.71. The lowest BCUT2D eigenvalue weighted by molar-refractivity contribution is -0.359. The van der Waals surface area contributed by atoms with Crippen LogP contribution in [0.2, 0.25) is 0 Å². The van der Waals surface area contributed by atoms with Crippen LogP contribution in [0.3, 0.4) is 0 Å². The van der Waals surface area contributed by atoms with Crippen molar-refractivity contribution < 1.29 is 64.6 Å². The lowest BCUT2D eigenvalue weighted by atomic mass is 9.97. The number of rotatable bonds is 52. The topological polar surface area (TPSA) is 228 Å². The van der Waals surface area contributed by atoms with E-state index in [-0.39, 0.29) is 18.9 Å². The summed E-state index contributed by atoms with van der Waals surface area (Å²) in [6.07, 6.45) is 50.0. The minimum Gasteiger partial charge on any atom is -0.394 e. The van der Waals surface area contributed by atoms with E-state index in [0.29, 0.717) is 12.8 Å². The number of ether oxygens (including phenoxy) is 4. The Hall–Kier alpha value is -2.31. The Kier molecular flexibility index (Phi) is 47.2. The van der Waals surface area contributed by atoms with Gasteiger partial charge in [-0.3, -0.25) is 4.79 Å². The van der Waals surface area contributed by atoms with Crippen LogP contribution in [0.4, 0.5) is 0 Å². The highest BCUT2D eigenvalue weighted by Gasteiger charge is 2.51. The Morgan fingerprint density at radius 1 is 0.450 bits per heavy atom. The predicted octanol–water partition coefficient (Wildman–Crippen LogP) is 12.1. The monoisotopic (exact) mass is 1130 g/mol. The number of aliphatic hydroxyl groups is 8. The minimum atomic E-state index is -1.80. The Morgan fingerprint density at radius 2 is 0.838 bits per heavy atom. The molecule has 0 radical (unpaired) electrons. The number of amides is 1. The van der Waals surface area contributed by atoms with Crippen molar-refractivity contribution in [3.05, 3.63) is 60.8 Å². The molecule has 0 aromatic carbocycles. The van der Waals surface area contributed by atoms with E-state index < -0.39 is 86.8 Å². The molecule has 1 amide bonds. The molecule has 0 aliphatic carbocycles. The van der Waals surface area contributed by atoms with Gasteiger partial charge in [-0.2, -0.15) is 0 Å². The van der Waals surface area contributed by atoms with E-state index in [4.69, 9.17) is 18.9 Å². The lowest BCUT2D eigenvalue weighted by Gasteiger charge is -2.46.